The van der Waals surface area contributed by atoms with Crippen molar-refractivity contribution in [2.75, 3.05) is 0 Å². The average Bonchev–Trinajstić information content (AvgIpc) is 2.73. The van der Waals surface area contributed by atoms with Crippen LogP contribution >= 0.6 is 0 Å². The minimum atomic E-state index is -0.272. The number of benzene rings is 4. The monoisotopic (exact) mass is 354 g/mol. The second kappa shape index (κ2) is 7.55. The number of rotatable bonds is 5. The van der Waals surface area contributed by atoms with E-state index in [0.29, 0.717) is 12.0 Å². The van der Waals surface area contributed by atoms with Crippen molar-refractivity contribution >= 4 is 16.6 Å². The second-order valence-electron chi connectivity index (χ2n) is 6.70. The minimum Gasteiger partial charge on any atom is -0.294 e. The number of hydrogen-bond donors (Lipinski definition) is 0. The Morgan fingerprint density at radius 2 is 1.33 bits per heavy atom. The zero-order valence-electron chi connectivity index (χ0n) is 14.8. The fourth-order valence-electron chi connectivity index (χ4n) is 3.47. The van der Waals surface area contributed by atoms with E-state index in [4.69, 9.17) is 0 Å². The lowest BCUT2D eigenvalue weighted by molar-refractivity contribution is 0.0978. The van der Waals surface area contributed by atoms with Crippen LogP contribution in [0.15, 0.2) is 97.1 Å². The van der Waals surface area contributed by atoms with Crippen molar-refractivity contribution in [3.63, 3.8) is 0 Å². The van der Waals surface area contributed by atoms with E-state index in [9.17, 15) is 9.18 Å². The summed E-state index contributed by atoms with van der Waals surface area (Å²) in [5, 5.41) is 2.17. The molecule has 0 fully saturated rings. The molecule has 1 nitrogen and oxygen atoms in total. The van der Waals surface area contributed by atoms with Crippen LogP contribution in [0, 0.1) is 5.82 Å². The summed E-state index contributed by atoms with van der Waals surface area (Å²) in [6.45, 7) is 0. The van der Waals surface area contributed by atoms with E-state index in [0.717, 1.165) is 21.9 Å². The van der Waals surface area contributed by atoms with Gasteiger partial charge in [0.05, 0.1) is 0 Å². The predicted octanol–water partition coefficient (Wildman–Crippen LogP) is 6.38. The molecule has 0 saturated heterocycles. The van der Waals surface area contributed by atoms with Crippen LogP contribution in [0.2, 0.25) is 0 Å². The predicted molar refractivity (Wildman–Crippen MR) is 108 cm³/mol. The summed E-state index contributed by atoms with van der Waals surface area (Å²) in [6, 6.07) is 30.2. The second-order valence-corrected chi connectivity index (χ2v) is 6.70. The molecule has 0 saturated carbocycles. The summed E-state index contributed by atoms with van der Waals surface area (Å²) in [6.07, 6.45) is 0.341. The molecule has 0 aliphatic carbocycles. The van der Waals surface area contributed by atoms with Crippen molar-refractivity contribution in [3.8, 4) is 0 Å². The van der Waals surface area contributed by atoms with Gasteiger partial charge >= 0.3 is 0 Å². The molecule has 0 heterocycles. The van der Waals surface area contributed by atoms with Gasteiger partial charge in [0.1, 0.15) is 5.82 Å². The van der Waals surface area contributed by atoms with Crippen molar-refractivity contribution in [2.45, 2.75) is 12.3 Å². The maximum absolute atomic E-state index is 13.4. The molecule has 0 bridgehead atoms. The highest BCUT2D eigenvalue weighted by Crippen LogP contribution is 2.30. The maximum atomic E-state index is 13.4. The lowest BCUT2D eigenvalue weighted by Gasteiger charge is -2.18. The Bertz CT molecular complexity index is 1070. The molecule has 0 N–H and O–H groups in total. The molecule has 0 amide bonds. The summed E-state index contributed by atoms with van der Waals surface area (Å²) < 4.78 is 13.4. The van der Waals surface area contributed by atoms with Gasteiger partial charge in [0.2, 0.25) is 0 Å². The first-order chi connectivity index (χ1) is 13.2. The summed E-state index contributed by atoms with van der Waals surface area (Å²) in [7, 11) is 0. The van der Waals surface area contributed by atoms with Crippen LogP contribution in [0.4, 0.5) is 4.39 Å². The molecule has 0 aliphatic heterocycles. The molecule has 2 heteroatoms. The Balaban J connectivity index is 1.67. The Morgan fingerprint density at radius 3 is 2.07 bits per heavy atom. The third-order valence-electron chi connectivity index (χ3n) is 4.94. The molecule has 4 rings (SSSR count). The summed E-state index contributed by atoms with van der Waals surface area (Å²) in [5.41, 5.74) is 2.70. The van der Waals surface area contributed by atoms with Gasteiger partial charge in [-0.25, -0.2) is 4.39 Å². The molecule has 27 heavy (non-hydrogen) atoms. The van der Waals surface area contributed by atoms with E-state index in [-0.39, 0.29) is 17.5 Å². The van der Waals surface area contributed by atoms with Crippen LogP contribution in [0.5, 0.6) is 0 Å². The quantitative estimate of drug-likeness (QED) is 0.380. The SMILES string of the molecule is O=C(CC(c1ccccc1)c1ccc(F)cc1)c1ccc2ccccc2c1. The molecule has 1 unspecified atom stereocenters. The summed E-state index contributed by atoms with van der Waals surface area (Å²) in [4.78, 5) is 13.0. The Morgan fingerprint density at radius 1 is 0.704 bits per heavy atom. The highest BCUT2D eigenvalue weighted by molar-refractivity contribution is 6.00. The highest BCUT2D eigenvalue weighted by Gasteiger charge is 2.19. The van der Waals surface area contributed by atoms with Gasteiger partial charge in [-0.15, -0.1) is 0 Å². The van der Waals surface area contributed by atoms with Crippen LogP contribution in [0.25, 0.3) is 10.8 Å². The number of carbonyl (C=O) groups is 1. The van der Waals surface area contributed by atoms with Crippen LogP contribution in [0.3, 0.4) is 0 Å². The molecule has 4 aromatic carbocycles. The standard InChI is InChI=1S/C25H19FO/c26-23-14-12-20(13-15-23)24(19-7-2-1-3-8-19)17-25(27)22-11-10-18-6-4-5-9-21(18)16-22/h1-16,24H,17H2. The molecule has 0 radical (unpaired) electrons. The van der Waals surface area contributed by atoms with E-state index in [1.54, 1.807) is 12.1 Å². The van der Waals surface area contributed by atoms with Crippen molar-refractivity contribution in [1.82, 2.24) is 0 Å². The Labute approximate surface area is 158 Å². The van der Waals surface area contributed by atoms with Gasteiger partial charge in [-0.3, -0.25) is 4.79 Å². The average molecular weight is 354 g/mol. The van der Waals surface area contributed by atoms with Gasteiger partial charge in [0.15, 0.2) is 5.78 Å². The number of fused-ring (bicyclic) bond motifs is 1. The van der Waals surface area contributed by atoms with Crippen LogP contribution < -0.4 is 0 Å². The Hall–Kier alpha value is -3.26. The maximum Gasteiger partial charge on any atom is 0.163 e. The molecule has 132 valence electrons. The van der Waals surface area contributed by atoms with Gasteiger partial charge < -0.3 is 0 Å². The van der Waals surface area contributed by atoms with Gasteiger partial charge in [-0.2, -0.15) is 0 Å². The molecular formula is C25H19FO. The highest BCUT2D eigenvalue weighted by atomic mass is 19.1. The molecular weight excluding hydrogens is 335 g/mol. The normalized spacial score (nSPS) is 12.0. The fraction of sp³-hybridized carbons (Fsp3) is 0.0800. The molecule has 0 aromatic heterocycles. The minimum absolute atomic E-state index is 0.0823. The zero-order valence-corrected chi connectivity index (χ0v) is 14.8. The number of hydrogen-bond acceptors (Lipinski definition) is 1. The van der Waals surface area contributed by atoms with Gasteiger partial charge in [0, 0.05) is 17.9 Å². The summed E-state index contributed by atoms with van der Waals surface area (Å²) >= 11 is 0. The van der Waals surface area contributed by atoms with E-state index in [1.165, 1.54) is 12.1 Å². The first-order valence-electron chi connectivity index (χ1n) is 9.03. The van der Waals surface area contributed by atoms with Crippen LogP contribution in [0.1, 0.15) is 33.8 Å². The zero-order chi connectivity index (χ0) is 18.6. The first-order valence-corrected chi connectivity index (χ1v) is 9.03. The van der Waals surface area contributed by atoms with Gasteiger partial charge in [-0.05, 0) is 40.1 Å². The first kappa shape index (κ1) is 17.2. The molecule has 4 aromatic rings. The van der Waals surface area contributed by atoms with Crippen molar-refractivity contribution < 1.29 is 9.18 Å². The van der Waals surface area contributed by atoms with Crippen molar-refractivity contribution in [3.05, 3.63) is 120 Å². The third kappa shape index (κ3) is 3.80. The van der Waals surface area contributed by atoms with Crippen molar-refractivity contribution in [1.29, 1.82) is 0 Å². The largest absolute Gasteiger partial charge is 0.294 e. The Kier molecular flexibility index (Phi) is 4.80. The smallest absolute Gasteiger partial charge is 0.163 e. The van der Waals surface area contributed by atoms with Gasteiger partial charge in [-0.1, -0.05) is 78.9 Å². The van der Waals surface area contributed by atoms with E-state index < -0.39 is 0 Å². The number of carbonyl (C=O) groups excluding carboxylic acids is 1. The van der Waals surface area contributed by atoms with Crippen molar-refractivity contribution in [2.24, 2.45) is 0 Å². The third-order valence-corrected chi connectivity index (χ3v) is 4.94. The molecule has 0 aliphatic rings. The van der Waals surface area contributed by atoms with Crippen LogP contribution in [-0.4, -0.2) is 5.78 Å². The summed E-state index contributed by atoms with van der Waals surface area (Å²) in [5.74, 6) is -0.295. The van der Waals surface area contributed by atoms with E-state index in [2.05, 4.69) is 0 Å². The lowest BCUT2D eigenvalue weighted by atomic mass is 9.85. The molecule has 0 spiro atoms. The number of ketones is 1. The number of Topliss-reactive ketones (excluding diaryl/α,β-unsaturated/α-hetero) is 1. The van der Waals surface area contributed by atoms with E-state index >= 15 is 0 Å². The fourth-order valence-corrected chi connectivity index (χ4v) is 3.47. The topological polar surface area (TPSA) is 17.1 Å². The van der Waals surface area contributed by atoms with E-state index in [1.807, 2.05) is 72.8 Å². The lowest BCUT2D eigenvalue weighted by Crippen LogP contribution is -2.09. The van der Waals surface area contributed by atoms with Crippen LogP contribution in [-0.2, 0) is 0 Å². The number of halogens is 1. The van der Waals surface area contributed by atoms with Gasteiger partial charge in [0.25, 0.3) is 0 Å². The molecule has 1 atom stereocenters.